The summed E-state index contributed by atoms with van der Waals surface area (Å²) in [6, 6.07) is 13.3. The highest BCUT2D eigenvalue weighted by molar-refractivity contribution is 5.92. The summed E-state index contributed by atoms with van der Waals surface area (Å²) in [5.74, 6) is 0.237. The predicted octanol–water partition coefficient (Wildman–Crippen LogP) is 2.53. The van der Waals surface area contributed by atoms with E-state index in [4.69, 9.17) is 0 Å². The number of rotatable bonds is 4. The van der Waals surface area contributed by atoms with E-state index in [1.165, 1.54) is 0 Å². The van der Waals surface area contributed by atoms with Crippen LogP contribution in [0.25, 0.3) is 11.3 Å². The van der Waals surface area contributed by atoms with E-state index in [1.807, 2.05) is 50.2 Å². The Hall–Kier alpha value is -2.23. The molecule has 1 N–H and O–H groups in total. The van der Waals surface area contributed by atoms with Gasteiger partial charge >= 0.3 is 0 Å². The van der Waals surface area contributed by atoms with E-state index in [0.29, 0.717) is 18.2 Å². The van der Waals surface area contributed by atoms with Gasteiger partial charge in [-0.3, -0.25) is 4.79 Å². The predicted molar refractivity (Wildman–Crippen MR) is 74.6 cm³/mol. The molecule has 1 aromatic carbocycles. The highest BCUT2D eigenvalue weighted by Crippen LogP contribution is 2.14. The number of nitrogens with zero attached hydrogens (tertiary/aromatic N) is 2. The minimum absolute atomic E-state index is 0.180. The minimum atomic E-state index is -0.180. The highest BCUT2D eigenvalue weighted by atomic mass is 16.1. The molecule has 0 saturated heterocycles. The first-order valence-electron chi connectivity index (χ1n) is 6.34. The van der Waals surface area contributed by atoms with Crippen molar-refractivity contribution in [3.8, 4) is 11.3 Å². The lowest BCUT2D eigenvalue weighted by Crippen LogP contribution is -2.28. The lowest BCUT2D eigenvalue weighted by atomic mass is 10.1. The Morgan fingerprint density at radius 3 is 2.42 bits per heavy atom. The fourth-order valence-corrected chi connectivity index (χ4v) is 1.60. The van der Waals surface area contributed by atoms with Gasteiger partial charge in [-0.15, -0.1) is 10.2 Å². The Kier molecular flexibility index (Phi) is 4.23. The van der Waals surface area contributed by atoms with Crippen molar-refractivity contribution in [2.24, 2.45) is 5.92 Å². The van der Waals surface area contributed by atoms with Gasteiger partial charge in [0.2, 0.25) is 0 Å². The number of hydrogen-bond donors (Lipinski definition) is 1. The van der Waals surface area contributed by atoms with Gasteiger partial charge in [0, 0.05) is 12.1 Å². The van der Waals surface area contributed by atoms with Crippen LogP contribution in [-0.4, -0.2) is 22.6 Å². The van der Waals surface area contributed by atoms with Crippen molar-refractivity contribution in [1.29, 1.82) is 0 Å². The van der Waals surface area contributed by atoms with E-state index in [2.05, 4.69) is 15.5 Å². The molecule has 4 heteroatoms. The molecule has 0 aliphatic carbocycles. The molecule has 0 saturated carbocycles. The molecule has 1 heterocycles. The number of amides is 1. The zero-order valence-corrected chi connectivity index (χ0v) is 11.1. The molecule has 0 fully saturated rings. The Morgan fingerprint density at radius 2 is 1.84 bits per heavy atom. The SMILES string of the molecule is CC(C)CNC(=O)c1ccc(-c2ccccc2)nn1. The van der Waals surface area contributed by atoms with E-state index >= 15 is 0 Å². The summed E-state index contributed by atoms with van der Waals surface area (Å²) in [6.45, 7) is 4.73. The van der Waals surface area contributed by atoms with E-state index in [0.717, 1.165) is 11.3 Å². The second kappa shape index (κ2) is 6.09. The van der Waals surface area contributed by atoms with Crippen molar-refractivity contribution >= 4 is 5.91 Å². The van der Waals surface area contributed by atoms with Crippen molar-refractivity contribution in [2.75, 3.05) is 6.54 Å². The maximum absolute atomic E-state index is 11.8. The third-order valence-corrected chi connectivity index (χ3v) is 2.64. The van der Waals surface area contributed by atoms with Crippen LogP contribution in [0.1, 0.15) is 24.3 Å². The van der Waals surface area contributed by atoms with Crippen molar-refractivity contribution in [3.63, 3.8) is 0 Å². The summed E-state index contributed by atoms with van der Waals surface area (Å²) >= 11 is 0. The standard InChI is InChI=1S/C15H17N3O/c1-11(2)10-16-15(19)14-9-8-13(17-18-14)12-6-4-3-5-7-12/h3-9,11H,10H2,1-2H3,(H,16,19). The van der Waals surface area contributed by atoms with Gasteiger partial charge in [-0.05, 0) is 18.1 Å². The number of carbonyl (C=O) groups excluding carboxylic acids is 1. The zero-order valence-electron chi connectivity index (χ0n) is 11.1. The largest absolute Gasteiger partial charge is 0.350 e. The number of nitrogens with one attached hydrogen (secondary N) is 1. The summed E-state index contributed by atoms with van der Waals surface area (Å²) in [4.78, 5) is 11.8. The van der Waals surface area contributed by atoms with Crippen LogP contribution in [-0.2, 0) is 0 Å². The normalized spacial score (nSPS) is 10.5. The monoisotopic (exact) mass is 255 g/mol. The Labute approximate surface area is 112 Å². The van der Waals surface area contributed by atoms with E-state index in [9.17, 15) is 4.79 Å². The fourth-order valence-electron chi connectivity index (χ4n) is 1.60. The van der Waals surface area contributed by atoms with Gasteiger partial charge in [0.1, 0.15) is 0 Å². The summed E-state index contributed by atoms with van der Waals surface area (Å²) in [7, 11) is 0. The van der Waals surface area contributed by atoms with Gasteiger partial charge in [0.15, 0.2) is 5.69 Å². The third kappa shape index (κ3) is 3.61. The Bertz CT molecular complexity index is 535. The average Bonchev–Trinajstić information content (AvgIpc) is 2.46. The molecule has 2 aromatic rings. The minimum Gasteiger partial charge on any atom is -0.350 e. The second-order valence-corrected chi connectivity index (χ2v) is 4.77. The van der Waals surface area contributed by atoms with Crippen molar-refractivity contribution < 1.29 is 4.79 Å². The molecule has 19 heavy (non-hydrogen) atoms. The first-order valence-corrected chi connectivity index (χ1v) is 6.34. The maximum Gasteiger partial charge on any atom is 0.271 e. The van der Waals surface area contributed by atoms with Crippen molar-refractivity contribution in [3.05, 3.63) is 48.2 Å². The lowest BCUT2D eigenvalue weighted by Gasteiger charge is -2.07. The van der Waals surface area contributed by atoms with E-state index < -0.39 is 0 Å². The van der Waals surface area contributed by atoms with Crippen LogP contribution in [0.2, 0.25) is 0 Å². The van der Waals surface area contributed by atoms with Crippen molar-refractivity contribution in [1.82, 2.24) is 15.5 Å². The smallest absolute Gasteiger partial charge is 0.271 e. The molecule has 1 aromatic heterocycles. The molecule has 1 amide bonds. The summed E-state index contributed by atoms with van der Waals surface area (Å²) in [5, 5.41) is 10.9. The lowest BCUT2D eigenvalue weighted by molar-refractivity contribution is 0.0943. The molecule has 4 nitrogen and oxygen atoms in total. The van der Waals surface area contributed by atoms with E-state index in [-0.39, 0.29) is 5.91 Å². The molecular weight excluding hydrogens is 238 g/mol. The third-order valence-electron chi connectivity index (χ3n) is 2.64. The molecule has 0 radical (unpaired) electrons. The molecule has 0 spiro atoms. The van der Waals surface area contributed by atoms with Gasteiger partial charge in [-0.2, -0.15) is 0 Å². The fraction of sp³-hybridized carbons (Fsp3) is 0.267. The van der Waals surface area contributed by atoms with Gasteiger partial charge in [0.05, 0.1) is 5.69 Å². The molecule has 0 atom stereocenters. The highest BCUT2D eigenvalue weighted by Gasteiger charge is 2.08. The second-order valence-electron chi connectivity index (χ2n) is 4.77. The van der Waals surface area contributed by atoms with Crippen LogP contribution < -0.4 is 5.32 Å². The van der Waals surface area contributed by atoms with E-state index in [1.54, 1.807) is 6.07 Å². The van der Waals surface area contributed by atoms with Gasteiger partial charge in [0.25, 0.3) is 5.91 Å². The van der Waals surface area contributed by atoms with Gasteiger partial charge in [-0.1, -0.05) is 44.2 Å². The molecule has 0 bridgehead atoms. The molecule has 0 unspecified atom stereocenters. The van der Waals surface area contributed by atoms with Crippen LogP contribution in [0, 0.1) is 5.92 Å². The summed E-state index contributed by atoms with van der Waals surface area (Å²) in [5.41, 5.74) is 2.10. The average molecular weight is 255 g/mol. The molecule has 98 valence electrons. The van der Waals surface area contributed by atoms with Crippen LogP contribution >= 0.6 is 0 Å². The quantitative estimate of drug-likeness (QED) is 0.913. The van der Waals surface area contributed by atoms with Crippen LogP contribution in [0.5, 0.6) is 0 Å². The molecule has 2 rings (SSSR count). The maximum atomic E-state index is 11.8. The summed E-state index contributed by atoms with van der Waals surface area (Å²) in [6.07, 6.45) is 0. The molecule has 0 aliphatic heterocycles. The number of benzene rings is 1. The van der Waals surface area contributed by atoms with Gasteiger partial charge < -0.3 is 5.32 Å². The van der Waals surface area contributed by atoms with Crippen LogP contribution in [0.4, 0.5) is 0 Å². The number of carbonyl (C=O) groups is 1. The zero-order chi connectivity index (χ0) is 13.7. The molecular formula is C15H17N3O. The topological polar surface area (TPSA) is 54.9 Å². The first-order chi connectivity index (χ1) is 9.16. The molecule has 0 aliphatic rings. The van der Waals surface area contributed by atoms with Crippen molar-refractivity contribution in [2.45, 2.75) is 13.8 Å². The Balaban J connectivity index is 2.08. The first kappa shape index (κ1) is 13.2. The van der Waals surface area contributed by atoms with Gasteiger partial charge in [-0.25, -0.2) is 0 Å². The number of hydrogen-bond acceptors (Lipinski definition) is 3. The van der Waals surface area contributed by atoms with Crippen LogP contribution in [0.3, 0.4) is 0 Å². The van der Waals surface area contributed by atoms with Crippen LogP contribution in [0.15, 0.2) is 42.5 Å². The number of aromatic nitrogens is 2. The Morgan fingerprint density at radius 1 is 1.11 bits per heavy atom. The summed E-state index contributed by atoms with van der Waals surface area (Å²) < 4.78 is 0.